The lowest BCUT2D eigenvalue weighted by molar-refractivity contribution is 0.0697. The molecule has 2 aromatic rings. The molecule has 0 amide bonds. The summed E-state index contributed by atoms with van der Waals surface area (Å²) in [6, 6.07) is 15.8. The summed E-state index contributed by atoms with van der Waals surface area (Å²) in [5.74, 6) is -0.951. The Balaban J connectivity index is 2.12. The van der Waals surface area contributed by atoms with Crippen molar-refractivity contribution in [3.05, 3.63) is 65.7 Å². The molecule has 1 unspecified atom stereocenters. The summed E-state index contributed by atoms with van der Waals surface area (Å²) in [5.41, 5.74) is 1.99. The van der Waals surface area contributed by atoms with E-state index in [-0.39, 0.29) is 18.2 Å². The van der Waals surface area contributed by atoms with Gasteiger partial charge in [-0.2, -0.15) is 0 Å². The van der Waals surface area contributed by atoms with Crippen molar-refractivity contribution in [3.63, 3.8) is 0 Å². The quantitative estimate of drug-likeness (QED) is 0.769. The zero-order valence-corrected chi connectivity index (χ0v) is 10.3. The maximum absolute atomic E-state index is 10.8. The van der Waals surface area contributed by atoms with Gasteiger partial charge in [-0.1, -0.05) is 30.3 Å². The second kappa shape index (κ2) is 6.02. The largest absolute Gasteiger partial charge is 0.478 e. The molecule has 0 aliphatic rings. The highest BCUT2D eigenvalue weighted by molar-refractivity contribution is 5.88. The third-order valence-electron chi connectivity index (χ3n) is 2.86. The van der Waals surface area contributed by atoms with Crippen molar-refractivity contribution < 1.29 is 15.0 Å². The Morgan fingerprint density at radius 1 is 1.05 bits per heavy atom. The fourth-order valence-corrected chi connectivity index (χ4v) is 1.83. The number of carboxylic acids is 1. The molecule has 0 fully saturated rings. The number of hydrogen-bond donors (Lipinski definition) is 3. The lowest BCUT2D eigenvalue weighted by Gasteiger charge is -2.18. The summed E-state index contributed by atoms with van der Waals surface area (Å²) >= 11 is 0. The minimum absolute atomic E-state index is 0.0370. The number of aliphatic hydroxyl groups excluding tert-OH is 1. The van der Waals surface area contributed by atoms with Crippen LogP contribution in [0.1, 0.15) is 22.0 Å². The highest BCUT2D eigenvalue weighted by Crippen LogP contribution is 2.19. The first-order chi connectivity index (χ1) is 9.20. The summed E-state index contributed by atoms with van der Waals surface area (Å²) < 4.78 is 0. The molecule has 0 spiro atoms. The summed E-state index contributed by atoms with van der Waals surface area (Å²) in [4.78, 5) is 10.8. The van der Waals surface area contributed by atoms with Crippen LogP contribution in [0, 0.1) is 0 Å². The zero-order chi connectivity index (χ0) is 13.7. The molecule has 0 aromatic heterocycles. The minimum atomic E-state index is -0.951. The topological polar surface area (TPSA) is 69.6 Å². The third-order valence-corrected chi connectivity index (χ3v) is 2.86. The molecule has 4 nitrogen and oxygen atoms in total. The number of aromatic carboxylic acids is 1. The van der Waals surface area contributed by atoms with Crippen LogP contribution in [-0.2, 0) is 0 Å². The normalized spacial score (nSPS) is 11.8. The Bertz CT molecular complexity index is 537. The molecule has 2 aromatic carbocycles. The summed E-state index contributed by atoms with van der Waals surface area (Å²) in [5, 5.41) is 21.4. The van der Waals surface area contributed by atoms with Crippen LogP contribution in [0.2, 0.25) is 0 Å². The van der Waals surface area contributed by atoms with Gasteiger partial charge in [0.15, 0.2) is 0 Å². The summed E-state index contributed by atoms with van der Waals surface area (Å²) in [6.45, 7) is -0.0370. The molecule has 1 atom stereocenters. The maximum atomic E-state index is 10.8. The first-order valence-electron chi connectivity index (χ1n) is 5.96. The molecule has 4 heteroatoms. The molecule has 0 heterocycles. The molecule has 2 rings (SSSR count). The van der Waals surface area contributed by atoms with E-state index in [9.17, 15) is 9.90 Å². The van der Waals surface area contributed by atoms with Crippen LogP contribution < -0.4 is 5.32 Å². The van der Waals surface area contributed by atoms with Gasteiger partial charge in [0, 0.05) is 5.69 Å². The lowest BCUT2D eigenvalue weighted by atomic mass is 10.1. The number of benzene rings is 2. The van der Waals surface area contributed by atoms with E-state index < -0.39 is 5.97 Å². The molecule has 0 bridgehead atoms. The standard InChI is InChI=1S/C15H15NO3/c17-10-14(11-4-2-1-3-5-11)16-13-8-6-12(7-9-13)15(18)19/h1-9,14,16-17H,10H2,(H,18,19). The second-order valence-corrected chi connectivity index (χ2v) is 4.17. The first-order valence-corrected chi connectivity index (χ1v) is 5.96. The van der Waals surface area contributed by atoms with Crippen molar-refractivity contribution in [3.8, 4) is 0 Å². The van der Waals surface area contributed by atoms with Crippen LogP contribution in [-0.4, -0.2) is 22.8 Å². The van der Waals surface area contributed by atoms with Crippen LogP contribution in [0.5, 0.6) is 0 Å². The van der Waals surface area contributed by atoms with Crippen molar-refractivity contribution in [2.24, 2.45) is 0 Å². The molecule has 0 aliphatic heterocycles. The van der Waals surface area contributed by atoms with Gasteiger partial charge in [0.05, 0.1) is 18.2 Å². The average Bonchev–Trinajstić information content (AvgIpc) is 2.46. The van der Waals surface area contributed by atoms with Gasteiger partial charge in [-0.05, 0) is 29.8 Å². The molecular weight excluding hydrogens is 242 g/mol. The third kappa shape index (κ3) is 3.33. The van der Waals surface area contributed by atoms with E-state index in [1.165, 1.54) is 12.1 Å². The van der Waals surface area contributed by atoms with Gasteiger partial charge < -0.3 is 15.5 Å². The van der Waals surface area contributed by atoms with Gasteiger partial charge in [0.1, 0.15) is 0 Å². The first kappa shape index (κ1) is 13.1. The average molecular weight is 257 g/mol. The fraction of sp³-hybridized carbons (Fsp3) is 0.133. The zero-order valence-electron chi connectivity index (χ0n) is 10.3. The fourth-order valence-electron chi connectivity index (χ4n) is 1.83. The number of nitrogens with one attached hydrogen (secondary N) is 1. The van der Waals surface area contributed by atoms with Crippen LogP contribution in [0.15, 0.2) is 54.6 Å². The summed E-state index contributed by atoms with van der Waals surface area (Å²) in [6.07, 6.45) is 0. The van der Waals surface area contributed by atoms with E-state index in [1.54, 1.807) is 12.1 Å². The van der Waals surface area contributed by atoms with Gasteiger partial charge in [-0.25, -0.2) is 4.79 Å². The van der Waals surface area contributed by atoms with Gasteiger partial charge in [-0.3, -0.25) is 0 Å². The molecule has 3 N–H and O–H groups in total. The SMILES string of the molecule is O=C(O)c1ccc(NC(CO)c2ccccc2)cc1. The smallest absolute Gasteiger partial charge is 0.335 e. The number of hydrogen-bond acceptors (Lipinski definition) is 3. The highest BCUT2D eigenvalue weighted by atomic mass is 16.4. The maximum Gasteiger partial charge on any atom is 0.335 e. The molecule has 0 aliphatic carbocycles. The Kier molecular flexibility index (Phi) is 4.15. The number of aliphatic hydroxyl groups is 1. The highest BCUT2D eigenvalue weighted by Gasteiger charge is 2.10. The van der Waals surface area contributed by atoms with Gasteiger partial charge in [-0.15, -0.1) is 0 Å². The Morgan fingerprint density at radius 2 is 1.68 bits per heavy atom. The minimum Gasteiger partial charge on any atom is -0.478 e. The Hall–Kier alpha value is -2.33. The number of anilines is 1. The molecular formula is C15H15NO3. The lowest BCUT2D eigenvalue weighted by Crippen LogP contribution is -2.14. The van der Waals surface area contributed by atoms with E-state index in [0.29, 0.717) is 0 Å². The predicted molar refractivity (Wildman–Crippen MR) is 73.3 cm³/mol. The molecule has 0 saturated carbocycles. The van der Waals surface area contributed by atoms with Crippen molar-refractivity contribution >= 4 is 11.7 Å². The van der Waals surface area contributed by atoms with Crippen LogP contribution in [0.3, 0.4) is 0 Å². The Labute approximate surface area is 111 Å². The molecule has 19 heavy (non-hydrogen) atoms. The van der Waals surface area contributed by atoms with Crippen molar-refractivity contribution in [1.82, 2.24) is 0 Å². The molecule has 0 saturated heterocycles. The van der Waals surface area contributed by atoms with Crippen LogP contribution >= 0.6 is 0 Å². The number of carbonyl (C=O) groups is 1. The van der Waals surface area contributed by atoms with Crippen molar-refractivity contribution in [1.29, 1.82) is 0 Å². The van der Waals surface area contributed by atoms with E-state index in [0.717, 1.165) is 11.3 Å². The van der Waals surface area contributed by atoms with E-state index in [4.69, 9.17) is 5.11 Å². The Morgan fingerprint density at radius 3 is 2.21 bits per heavy atom. The van der Waals surface area contributed by atoms with Gasteiger partial charge in [0.25, 0.3) is 0 Å². The molecule has 98 valence electrons. The van der Waals surface area contributed by atoms with E-state index in [1.807, 2.05) is 30.3 Å². The van der Waals surface area contributed by atoms with Crippen LogP contribution in [0.4, 0.5) is 5.69 Å². The van der Waals surface area contributed by atoms with Gasteiger partial charge >= 0.3 is 5.97 Å². The van der Waals surface area contributed by atoms with Crippen molar-refractivity contribution in [2.45, 2.75) is 6.04 Å². The molecule has 0 radical (unpaired) electrons. The summed E-state index contributed by atoms with van der Waals surface area (Å²) in [7, 11) is 0. The number of rotatable bonds is 5. The predicted octanol–water partition coefficient (Wildman–Crippen LogP) is 2.53. The number of carboxylic acid groups (broad SMARTS) is 1. The van der Waals surface area contributed by atoms with Crippen LogP contribution in [0.25, 0.3) is 0 Å². The van der Waals surface area contributed by atoms with Crippen molar-refractivity contribution in [2.75, 3.05) is 11.9 Å². The van der Waals surface area contributed by atoms with Gasteiger partial charge in [0.2, 0.25) is 0 Å². The monoisotopic (exact) mass is 257 g/mol. The second-order valence-electron chi connectivity index (χ2n) is 4.17. The van der Waals surface area contributed by atoms with E-state index >= 15 is 0 Å². The van der Waals surface area contributed by atoms with E-state index in [2.05, 4.69) is 5.32 Å².